The van der Waals surface area contributed by atoms with Crippen molar-refractivity contribution in [2.75, 3.05) is 0 Å². The zero-order valence-electron chi connectivity index (χ0n) is 48.7. The summed E-state index contributed by atoms with van der Waals surface area (Å²) in [7, 11) is 56.5. The Bertz CT molecular complexity index is 4250. The molecule has 10 aromatic rings. The number of furan rings is 2. The summed E-state index contributed by atoms with van der Waals surface area (Å²) in [6.07, 6.45) is 0. The van der Waals surface area contributed by atoms with Crippen LogP contribution in [0.2, 0.25) is 0 Å². The van der Waals surface area contributed by atoms with E-state index in [1.54, 1.807) is 0 Å². The summed E-state index contributed by atoms with van der Waals surface area (Å²) in [4.78, 5) is 17.3. The second-order valence-electron chi connectivity index (χ2n) is 22.6. The van der Waals surface area contributed by atoms with E-state index in [-0.39, 0.29) is 0 Å². The average molecular weight is 911 g/mol. The topological polar surface area (TPSA) is 65.0 Å². The van der Waals surface area contributed by atoms with Crippen molar-refractivity contribution in [3.63, 3.8) is 0 Å². The molecule has 0 aliphatic heterocycles. The standard InChI is InChI=1S/C43H50B25N3O2/c44-12-1(3-5-7-16(48)24(56)31(63)35(67)39(7)72-37(5)33(65)28(60)14(3)46)2-4(15(47)22(12)54)9(18(50)23(55)13(2)45)41-69-42(71-43(70-41)11-20(52)26(58)30(62)27(59)21(11)53)10-6-8-17(49)25(57)32(64)36(68)40(8)73-38(6)34(66)29(61)19(10)51/h44-68H2. The molecule has 0 amide bonds. The van der Waals surface area contributed by atoms with Crippen molar-refractivity contribution < 1.29 is 8.83 Å². The fourth-order valence-corrected chi connectivity index (χ4v) is 13.0. The molecule has 0 aliphatic rings. The van der Waals surface area contributed by atoms with Gasteiger partial charge >= 0.3 is 0 Å². The first kappa shape index (κ1) is 51.5. The second kappa shape index (κ2) is 17.6. The van der Waals surface area contributed by atoms with Crippen LogP contribution in [0.4, 0.5) is 0 Å². The van der Waals surface area contributed by atoms with Gasteiger partial charge in [0, 0.05) is 38.2 Å². The summed E-state index contributed by atoms with van der Waals surface area (Å²) in [5.74, 6) is 2.04. The SMILES string of the molecule is Bc1c(B)c(B)c(-c2nc(-c3c(B)c(B)c(B)c4c(-c5c(B)c(B)c(B)c6oc7c(B)c(B)c(B)c(B)c7c56)c(B)c(B)c(B)c34)nc(-c3c(B)c(B)c(B)c4oc5c(B)c(B)c(B)c(B)c5c34)n2)c(B)c1B. The van der Waals surface area contributed by atoms with Crippen molar-refractivity contribution in [1.82, 2.24) is 15.0 Å². The largest absolute Gasteiger partial charge is 0.457 e. The summed E-state index contributed by atoms with van der Waals surface area (Å²) < 4.78 is 14.2. The van der Waals surface area contributed by atoms with E-state index in [2.05, 4.69) is 196 Å². The fourth-order valence-electron chi connectivity index (χ4n) is 13.0. The van der Waals surface area contributed by atoms with E-state index in [1.807, 2.05) is 0 Å². The number of hydrogen-bond donors (Lipinski definition) is 0. The first-order chi connectivity index (χ1) is 34.2. The van der Waals surface area contributed by atoms with Gasteiger partial charge in [-0.1, -0.05) is 104 Å². The van der Waals surface area contributed by atoms with Crippen molar-refractivity contribution >= 4 is 387 Å². The third kappa shape index (κ3) is 6.88. The summed E-state index contributed by atoms with van der Waals surface area (Å²) in [6.45, 7) is 0. The molecule has 0 unspecified atom stereocenters. The normalized spacial score (nSPS) is 11.8. The maximum absolute atomic E-state index is 7.12. The monoisotopic (exact) mass is 916 g/mol. The van der Waals surface area contributed by atoms with Gasteiger partial charge in [0.2, 0.25) is 0 Å². The summed E-state index contributed by atoms with van der Waals surface area (Å²) in [6, 6.07) is 0. The molecule has 0 bridgehead atoms. The highest BCUT2D eigenvalue weighted by Gasteiger charge is 2.31. The predicted octanol–water partition coefficient (Wildman–Crippen LogP) is -32.0. The maximum atomic E-state index is 7.12. The summed E-state index contributed by atoms with van der Waals surface area (Å²) >= 11 is 0. The Morgan fingerprint density at radius 1 is 0.164 bits per heavy atom. The lowest BCUT2D eigenvalue weighted by molar-refractivity contribution is 0.674. The van der Waals surface area contributed by atoms with E-state index >= 15 is 0 Å². The Kier molecular flexibility index (Phi) is 12.4. The fraction of sp³-hybridized carbons (Fsp3) is 0. The van der Waals surface area contributed by atoms with Crippen LogP contribution in [-0.4, -0.2) is 211 Å². The van der Waals surface area contributed by atoms with Gasteiger partial charge in [0.05, 0.1) is 0 Å². The van der Waals surface area contributed by atoms with Gasteiger partial charge in [-0.3, -0.25) is 0 Å². The molecule has 3 heterocycles. The van der Waals surface area contributed by atoms with Crippen LogP contribution in [0.5, 0.6) is 0 Å². The lowest BCUT2D eigenvalue weighted by Crippen LogP contribution is -2.55. The van der Waals surface area contributed by atoms with Crippen LogP contribution in [-0.2, 0) is 0 Å². The minimum atomic E-state index is 0.666. The molecule has 3 aromatic heterocycles. The van der Waals surface area contributed by atoms with E-state index < -0.39 is 0 Å². The minimum Gasteiger partial charge on any atom is -0.457 e. The highest BCUT2D eigenvalue weighted by molar-refractivity contribution is 6.74. The second-order valence-corrected chi connectivity index (χ2v) is 22.6. The van der Waals surface area contributed by atoms with Crippen LogP contribution >= 0.6 is 0 Å². The molecule has 0 saturated carbocycles. The summed E-state index contributed by atoms with van der Waals surface area (Å²) in [5.41, 5.74) is 40.5. The number of rotatable bonds is 4. The van der Waals surface area contributed by atoms with Gasteiger partial charge in [0.15, 0.2) is 17.5 Å². The zero-order valence-corrected chi connectivity index (χ0v) is 48.7. The van der Waals surface area contributed by atoms with Gasteiger partial charge in [-0.05, 0) is 21.9 Å². The van der Waals surface area contributed by atoms with Gasteiger partial charge in [0.25, 0.3) is 0 Å². The molecule has 0 fully saturated rings. The Morgan fingerprint density at radius 2 is 0.356 bits per heavy atom. The van der Waals surface area contributed by atoms with Crippen LogP contribution in [0.25, 0.3) is 99.9 Å². The Hall–Kier alpha value is -4.97. The van der Waals surface area contributed by atoms with Crippen LogP contribution in [0.15, 0.2) is 8.83 Å². The van der Waals surface area contributed by atoms with E-state index in [1.165, 1.54) is 158 Å². The molecule has 324 valence electrons. The third-order valence-corrected chi connectivity index (χ3v) is 19.9. The van der Waals surface area contributed by atoms with Crippen molar-refractivity contribution in [3.05, 3.63) is 0 Å². The molecule has 0 saturated heterocycles. The van der Waals surface area contributed by atoms with E-state index in [0.29, 0.717) is 17.5 Å². The van der Waals surface area contributed by atoms with Gasteiger partial charge in [-0.2, -0.15) is 0 Å². The molecule has 0 atom stereocenters. The molecule has 30 heteroatoms. The number of benzene rings is 7. The zero-order chi connectivity index (χ0) is 53.4. The van der Waals surface area contributed by atoms with E-state index in [9.17, 15) is 0 Å². The molecule has 0 radical (unpaired) electrons. The lowest BCUT2D eigenvalue weighted by atomic mass is 9.59. The number of aromatic nitrogens is 3. The maximum Gasteiger partial charge on any atom is 0.164 e. The van der Waals surface area contributed by atoms with Gasteiger partial charge < -0.3 is 8.83 Å². The summed E-state index contributed by atoms with van der Waals surface area (Å²) in [5, 5.41) is 7.10. The predicted molar refractivity (Wildman–Crippen MR) is 398 cm³/mol. The molecule has 5 nitrogen and oxygen atoms in total. The van der Waals surface area contributed by atoms with E-state index in [4.69, 9.17) is 23.8 Å². The highest BCUT2D eigenvalue weighted by atomic mass is 16.3. The number of hydrogen-bond acceptors (Lipinski definition) is 5. The molecule has 0 spiro atoms. The van der Waals surface area contributed by atoms with Crippen LogP contribution in [0.1, 0.15) is 0 Å². The molecule has 0 N–H and O–H groups in total. The van der Waals surface area contributed by atoms with Gasteiger partial charge in [-0.15, -0.1) is 32.8 Å². The number of fused-ring (bicyclic) bond motifs is 7. The lowest BCUT2D eigenvalue weighted by Gasteiger charge is -2.27. The van der Waals surface area contributed by atoms with Crippen LogP contribution < -0.4 is 137 Å². The smallest absolute Gasteiger partial charge is 0.164 e. The quantitative estimate of drug-likeness (QED) is 0.165. The van der Waals surface area contributed by atoms with Gasteiger partial charge in [-0.25, -0.2) is 15.0 Å². The van der Waals surface area contributed by atoms with Crippen LogP contribution in [0, 0.1) is 0 Å². The number of nitrogens with zero attached hydrogens (tertiary/aromatic N) is 3. The molecule has 7 aromatic carbocycles. The van der Waals surface area contributed by atoms with Crippen molar-refractivity contribution in [1.29, 1.82) is 0 Å². The molecular formula is C43H50B25N3O2. The Morgan fingerprint density at radius 3 is 0.740 bits per heavy atom. The van der Waals surface area contributed by atoms with Crippen molar-refractivity contribution in [2.24, 2.45) is 0 Å². The van der Waals surface area contributed by atoms with Gasteiger partial charge in [0.1, 0.15) is 218 Å². The highest BCUT2D eigenvalue weighted by Crippen LogP contribution is 2.37. The van der Waals surface area contributed by atoms with E-state index in [0.717, 1.165) is 60.7 Å². The molecule has 10 rings (SSSR count). The first-order valence-corrected chi connectivity index (χ1v) is 26.4. The Balaban J connectivity index is 1.44. The molecule has 0 aliphatic carbocycles. The molecular weight excluding hydrogens is 861 g/mol. The van der Waals surface area contributed by atoms with Crippen molar-refractivity contribution in [2.45, 2.75) is 0 Å². The van der Waals surface area contributed by atoms with Crippen LogP contribution in [0.3, 0.4) is 0 Å². The average Bonchev–Trinajstić information content (AvgIpc) is 3.96. The minimum absolute atomic E-state index is 0.666. The molecule has 73 heavy (non-hydrogen) atoms. The Labute approximate surface area is 453 Å². The first-order valence-electron chi connectivity index (χ1n) is 26.4. The third-order valence-electron chi connectivity index (χ3n) is 19.9. The van der Waals surface area contributed by atoms with Crippen molar-refractivity contribution in [3.8, 4) is 45.3 Å².